The second-order valence-electron chi connectivity index (χ2n) is 10.4. The first-order valence-corrected chi connectivity index (χ1v) is 15.8. The number of aliphatic hydroxyl groups excluding tert-OH is 1. The van der Waals surface area contributed by atoms with Crippen LogP contribution in [0.15, 0.2) is 66.7 Å². The molecule has 3 aromatic carbocycles. The molecule has 9 nitrogen and oxygen atoms in total. The number of nitrogens with zero attached hydrogens (tertiary/aromatic N) is 1. The maximum Gasteiger partial charge on any atom is 0.251 e. The van der Waals surface area contributed by atoms with Crippen LogP contribution < -0.4 is 25.0 Å². The third-order valence-electron chi connectivity index (χ3n) is 7.14. The first-order chi connectivity index (χ1) is 20.2. The lowest BCUT2D eigenvalue weighted by atomic mass is 10.00. The number of anilines is 2. The van der Waals surface area contributed by atoms with Crippen molar-refractivity contribution in [3.63, 3.8) is 0 Å². The molecule has 1 amide bonds. The molecule has 0 saturated carbocycles. The number of sulfonamides is 1. The van der Waals surface area contributed by atoms with Gasteiger partial charge in [0, 0.05) is 37.4 Å². The number of amides is 1. The molecule has 11 heteroatoms. The van der Waals surface area contributed by atoms with Gasteiger partial charge in [0.2, 0.25) is 10.0 Å². The molecule has 0 aliphatic carbocycles. The van der Waals surface area contributed by atoms with Crippen molar-refractivity contribution in [2.75, 3.05) is 42.1 Å². The fraction of sp³-hybridized carbons (Fsp3) is 0.387. The number of methoxy groups -OCH3 is 1. The Bertz CT molecular complexity index is 1470. The number of carbonyl (C=O) groups excluding carboxylic acids is 1. The predicted octanol–water partition coefficient (Wildman–Crippen LogP) is 3.69. The van der Waals surface area contributed by atoms with E-state index in [1.54, 1.807) is 37.4 Å². The second kappa shape index (κ2) is 14.5. The molecule has 1 fully saturated rings. The Kier molecular flexibility index (Phi) is 10.8. The highest BCUT2D eigenvalue weighted by Gasteiger charge is 2.28. The molecule has 2 atom stereocenters. The molecular weight excluding hydrogens is 559 g/mol. The minimum absolute atomic E-state index is 0.0601. The Hall–Kier alpha value is -3.67. The van der Waals surface area contributed by atoms with Crippen molar-refractivity contribution in [2.45, 2.75) is 44.9 Å². The van der Waals surface area contributed by atoms with Gasteiger partial charge in [0.15, 0.2) is 0 Å². The quantitative estimate of drug-likeness (QED) is 0.237. The Balaban J connectivity index is 1.54. The van der Waals surface area contributed by atoms with Gasteiger partial charge in [-0.15, -0.1) is 0 Å². The molecule has 0 unspecified atom stereocenters. The number of halogens is 1. The number of ether oxygens (including phenoxy) is 1. The van der Waals surface area contributed by atoms with Crippen molar-refractivity contribution >= 4 is 27.3 Å². The number of nitrogens with one attached hydrogen (secondary N) is 3. The molecule has 4 rings (SSSR count). The molecule has 226 valence electrons. The van der Waals surface area contributed by atoms with Crippen LogP contribution >= 0.6 is 0 Å². The Morgan fingerprint density at radius 2 is 1.86 bits per heavy atom. The van der Waals surface area contributed by atoms with Crippen LogP contribution in [-0.4, -0.2) is 64.1 Å². The minimum Gasteiger partial charge on any atom is -0.497 e. The normalized spacial score (nSPS) is 16.0. The molecular formula is C31H39FN4O5S. The van der Waals surface area contributed by atoms with E-state index in [9.17, 15) is 22.7 Å². The summed E-state index contributed by atoms with van der Waals surface area (Å²) in [5, 5.41) is 20.5. The van der Waals surface area contributed by atoms with Gasteiger partial charge >= 0.3 is 0 Å². The summed E-state index contributed by atoms with van der Waals surface area (Å²) >= 11 is 0. The highest BCUT2D eigenvalue weighted by Crippen LogP contribution is 2.28. The molecule has 0 bridgehead atoms. The topological polar surface area (TPSA) is 120 Å². The van der Waals surface area contributed by atoms with E-state index < -0.39 is 33.9 Å². The van der Waals surface area contributed by atoms with Crippen molar-refractivity contribution in [3.8, 4) is 5.75 Å². The third-order valence-corrected chi connectivity index (χ3v) is 9.01. The monoisotopic (exact) mass is 598 g/mol. The lowest BCUT2D eigenvalue weighted by molar-refractivity contribution is 0.0830. The maximum absolute atomic E-state index is 14.0. The predicted molar refractivity (Wildman–Crippen MR) is 163 cm³/mol. The van der Waals surface area contributed by atoms with Crippen LogP contribution in [0.5, 0.6) is 5.75 Å². The van der Waals surface area contributed by atoms with Gasteiger partial charge < -0.3 is 25.8 Å². The third kappa shape index (κ3) is 8.43. The fourth-order valence-corrected chi connectivity index (χ4v) is 6.64. The SMILES string of the molecule is CCNc1cc(C(=O)N[C@@H](Cc2cccc(F)c2)[C@H](O)CNCc2cccc(OC)c2)cc(N2CCCCS2(=O)=O)c1. The van der Waals surface area contributed by atoms with Gasteiger partial charge in [-0.05, 0) is 79.8 Å². The van der Waals surface area contributed by atoms with Crippen LogP contribution in [0, 0.1) is 5.82 Å². The van der Waals surface area contributed by atoms with E-state index in [1.807, 2.05) is 31.2 Å². The Morgan fingerprint density at radius 1 is 1.07 bits per heavy atom. The van der Waals surface area contributed by atoms with Crippen LogP contribution in [0.3, 0.4) is 0 Å². The maximum atomic E-state index is 14.0. The van der Waals surface area contributed by atoms with Crippen LogP contribution in [0.2, 0.25) is 0 Å². The van der Waals surface area contributed by atoms with E-state index in [1.165, 1.54) is 16.4 Å². The van der Waals surface area contributed by atoms with Gasteiger partial charge in [-0.3, -0.25) is 9.10 Å². The summed E-state index contributed by atoms with van der Waals surface area (Å²) in [6.45, 7) is 3.46. The number of hydrogen-bond donors (Lipinski definition) is 4. The van der Waals surface area contributed by atoms with Crippen LogP contribution in [0.1, 0.15) is 41.3 Å². The van der Waals surface area contributed by atoms with Crippen LogP contribution in [-0.2, 0) is 23.0 Å². The first kappa shape index (κ1) is 31.3. The van der Waals surface area contributed by atoms with Gasteiger partial charge in [0.05, 0.1) is 30.7 Å². The van der Waals surface area contributed by atoms with E-state index >= 15 is 0 Å². The standard InChI is InChI=1S/C31H39FN4O5S/c1-3-34-26-17-24(18-27(19-26)36-12-4-5-13-42(36,39)40)31(38)35-29(16-22-8-6-10-25(32)14-22)30(37)21-33-20-23-9-7-11-28(15-23)41-2/h6-11,14-15,17-19,29-30,33-34,37H,3-5,12-13,16,20-21H2,1-2H3,(H,35,38)/t29-,30+/m0/s1. The zero-order valence-corrected chi connectivity index (χ0v) is 24.8. The summed E-state index contributed by atoms with van der Waals surface area (Å²) in [7, 11) is -1.89. The van der Waals surface area contributed by atoms with Crippen molar-refractivity contribution in [1.82, 2.24) is 10.6 Å². The summed E-state index contributed by atoms with van der Waals surface area (Å²) in [5.74, 6) is -0.0971. The molecule has 1 aliphatic rings. The Morgan fingerprint density at radius 3 is 2.60 bits per heavy atom. The van der Waals surface area contributed by atoms with Crippen molar-refractivity contribution in [1.29, 1.82) is 0 Å². The van der Waals surface area contributed by atoms with E-state index in [4.69, 9.17) is 4.74 Å². The van der Waals surface area contributed by atoms with Gasteiger partial charge in [0.25, 0.3) is 5.91 Å². The van der Waals surface area contributed by atoms with Crippen LogP contribution in [0.25, 0.3) is 0 Å². The van der Waals surface area contributed by atoms with Gasteiger partial charge in [-0.2, -0.15) is 0 Å². The summed E-state index contributed by atoms with van der Waals surface area (Å²) in [4.78, 5) is 13.6. The molecule has 3 aromatic rings. The molecule has 1 aliphatic heterocycles. The van der Waals surface area contributed by atoms with E-state index in [-0.39, 0.29) is 24.3 Å². The average Bonchev–Trinajstić information content (AvgIpc) is 2.96. The average molecular weight is 599 g/mol. The molecule has 1 heterocycles. The molecule has 4 N–H and O–H groups in total. The number of rotatable bonds is 13. The largest absolute Gasteiger partial charge is 0.497 e. The molecule has 0 radical (unpaired) electrons. The first-order valence-electron chi connectivity index (χ1n) is 14.1. The molecule has 42 heavy (non-hydrogen) atoms. The minimum atomic E-state index is -3.49. The zero-order valence-electron chi connectivity index (χ0n) is 24.0. The van der Waals surface area contributed by atoms with E-state index in [2.05, 4.69) is 16.0 Å². The number of carbonyl (C=O) groups is 1. The Labute approximate surface area is 247 Å². The summed E-state index contributed by atoms with van der Waals surface area (Å²) < 4.78 is 46.2. The highest BCUT2D eigenvalue weighted by molar-refractivity contribution is 7.92. The van der Waals surface area contributed by atoms with Crippen molar-refractivity contribution in [3.05, 3.63) is 89.2 Å². The summed E-state index contributed by atoms with van der Waals surface area (Å²) in [6, 6.07) is 17.8. The smallest absolute Gasteiger partial charge is 0.251 e. The van der Waals surface area contributed by atoms with Crippen molar-refractivity contribution < 1.29 is 27.4 Å². The van der Waals surface area contributed by atoms with Crippen molar-refractivity contribution in [2.24, 2.45) is 0 Å². The second-order valence-corrected chi connectivity index (χ2v) is 12.4. The highest BCUT2D eigenvalue weighted by atomic mass is 32.2. The lowest BCUT2D eigenvalue weighted by Crippen LogP contribution is -2.48. The zero-order chi connectivity index (χ0) is 30.1. The van der Waals surface area contributed by atoms with E-state index in [0.717, 1.165) is 17.7 Å². The number of benzene rings is 3. The number of aliphatic hydroxyl groups is 1. The lowest BCUT2D eigenvalue weighted by Gasteiger charge is -2.29. The van der Waals surface area contributed by atoms with Gasteiger partial charge in [-0.1, -0.05) is 24.3 Å². The van der Waals surface area contributed by atoms with E-state index in [0.29, 0.717) is 43.0 Å². The fourth-order valence-electron chi connectivity index (χ4n) is 5.01. The summed E-state index contributed by atoms with van der Waals surface area (Å²) in [6.07, 6.45) is 0.509. The van der Waals surface area contributed by atoms with Gasteiger partial charge in [0.1, 0.15) is 11.6 Å². The molecule has 1 saturated heterocycles. The molecule has 0 aromatic heterocycles. The summed E-state index contributed by atoms with van der Waals surface area (Å²) in [5.41, 5.74) is 2.87. The van der Waals surface area contributed by atoms with Crippen LogP contribution in [0.4, 0.5) is 15.8 Å². The number of hydrogen-bond acceptors (Lipinski definition) is 7. The molecule has 0 spiro atoms. The van der Waals surface area contributed by atoms with Gasteiger partial charge in [-0.25, -0.2) is 12.8 Å².